The van der Waals surface area contributed by atoms with E-state index in [1.807, 2.05) is 48.5 Å². The molecule has 32 heavy (non-hydrogen) atoms. The minimum atomic E-state index is -0.248. The first-order valence-corrected chi connectivity index (χ1v) is 10.2. The zero-order valence-electron chi connectivity index (χ0n) is 17.9. The van der Waals surface area contributed by atoms with E-state index in [0.29, 0.717) is 28.9 Å². The van der Waals surface area contributed by atoms with Gasteiger partial charge in [-0.05, 0) is 23.3 Å². The SMILES string of the molecule is CC(=O)Nc1cccc(Cn2c(COCc3ccccc3)c3c(=O)n(C)[nH]c3cc2=O)c1. The van der Waals surface area contributed by atoms with Gasteiger partial charge >= 0.3 is 0 Å². The summed E-state index contributed by atoms with van der Waals surface area (Å²) in [4.78, 5) is 37.2. The standard InChI is InChI=1S/C24H24N4O4/c1-16(29)25-19-10-6-9-18(11-19)13-28-21(15-32-14-17-7-4-3-5-8-17)23-20(12-22(28)30)26-27(2)24(23)31/h3-12,26H,13-15H2,1-2H3,(H,25,29). The maximum atomic E-state index is 13.0. The summed E-state index contributed by atoms with van der Waals surface area (Å²) in [5.74, 6) is -0.174. The highest BCUT2D eigenvalue weighted by atomic mass is 16.5. The molecule has 0 saturated carbocycles. The third-order valence-corrected chi connectivity index (χ3v) is 5.16. The number of rotatable bonds is 7. The number of ether oxygens (including phenoxy) is 1. The predicted molar refractivity (Wildman–Crippen MR) is 123 cm³/mol. The zero-order chi connectivity index (χ0) is 22.7. The molecule has 0 unspecified atom stereocenters. The lowest BCUT2D eigenvalue weighted by Crippen LogP contribution is -2.26. The summed E-state index contributed by atoms with van der Waals surface area (Å²) in [5.41, 5.74) is 2.97. The van der Waals surface area contributed by atoms with Crippen LogP contribution in [-0.4, -0.2) is 20.3 Å². The molecule has 0 spiro atoms. The summed E-state index contributed by atoms with van der Waals surface area (Å²) in [6.45, 7) is 2.13. The average Bonchev–Trinajstić information content (AvgIpc) is 3.04. The quantitative estimate of drug-likeness (QED) is 0.469. The van der Waals surface area contributed by atoms with Gasteiger partial charge in [-0.2, -0.15) is 0 Å². The number of nitrogens with one attached hydrogen (secondary N) is 2. The van der Waals surface area contributed by atoms with Gasteiger partial charge < -0.3 is 14.6 Å². The largest absolute Gasteiger partial charge is 0.371 e. The Balaban J connectivity index is 1.72. The van der Waals surface area contributed by atoms with Crippen LogP contribution in [0.4, 0.5) is 5.69 Å². The number of hydrogen-bond acceptors (Lipinski definition) is 4. The van der Waals surface area contributed by atoms with Gasteiger partial charge in [0.2, 0.25) is 5.91 Å². The molecule has 2 aromatic heterocycles. The van der Waals surface area contributed by atoms with Crippen molar-refractivity contribution in [1.29, 1.82) is 0 Å². The second-order valence-electron chi connectivity index (χ2n) is 7.64. The van der Waals surface area contributed by atoms with Crippen LogP contribution in [0, 0.1) is 0 Å². The van der Waals surface area contributed by atoms with Gasteiger partial charge in [-0.1, -0.05) is 42.5 Å². The molecule has 8 heteroatoms. The third-order valence-electron chi connectivity index (χ3n) is 5.16. The van der Waals surface area contributed by atoms with E-state index in [1.165, 1.54) is 17.7 Å². The number of hydrogen-bond donors (Lipinski definition) is 2. The van der Waals surface area contributed by atoms with Crippen LogP contribution in [0.25, 0.3) is 10.9 Å². The molecule has 2 aromatic carbocycles. The lowest BCUT2D eigenvalue weighted by Gasteiger charge is -2.15. The highest BCUT2D eigenvalue weighted by molar-refractivity contribution is 5.88. The van der Waals surface area contributed by atoms with E-state index < -0.39 is 0 Å². The Morgan fingerprint density at radius 3 is 2.50 bits per heavy atom. The van der Waals surface area contributed by atoms with Gasteiger partial charge in [-0.15, -0.1) is 0 Å². The lowest BCUT2D eigenvalue weighted by atomic mass is 10.1. The third kappa shape index (κ3) is 4.55. The molecule has 0 aliphatic heterocycles. The summed E-state index contributed by atoms with van der Waals surface area (Å²) in [6, 6.07) is 18.4. The lowest BCUT2D eigenvalue weighted by molar-refractivity contribution is -0.114. The second kappa shape index (κ2) is 9.07. The number of carbonyl (C=O) groups is 1. The Morgan fingerprint density at radius 2 is 1.75 bits per heavy atom. The van der Waals surface area contributed by atoms with Crippen molar-refractivity contribution in [3.8, 4) is 0 Å². The monoisotopic (exact) mass is 432 g/mol. The van der Waals surface area contributed by atoms with E-state index in [1.54, 1.807) is 17.7 Å². The molecule has 0 bridgehead atoms. The number of benzene rings is 2. The van der Waals surface area contributed by atoms with Crippen LogP contribution >= 0.6 is 0 Å². The number of aryl methyl sites for hydroxylation is 1. The Morgan fingerprint density at radius 1 is 1.00 bits per heavy atom. The Hall–Kier alpha value is -3.91. The van der Waals surface area contributed by atoms with Crippen molar-refractivity contribution in [3.05, 3.63) is 98.2 Å². The number of pyridine rings is 1. The minimum Gasteiger partial charge on any atom is -0.371 e. The number of anilines is 1. The zero-order valence-corrected chi connectivity index (χ0v) is 17.9. The van der Waals surface area contributed by atoms with E-state index >= 15 is 0 Å². The van der Waals surface area contributed by atoms with E-state index in [0.717, 1.165) is 11.1 Å². The smallest absolute Gasteiger partial charge is 0.275 e. The maximum Gasteiger partial charge on any atom is 0.275 e. The molecule has 0 atom stereocenters. The number of carbonyl (C=O) groups excluding carboxylic acids is 1. The molecule has 0 saturated heterocycles. The molecule has 4 rings (SSSR count). The summed E-state index contributed by atoms with van der Waals surface area (Å²) >= 11 is 0. The average molecular weight is 432 g/mol. The van der Waals surface area contributed by atoms with Crippen LogP contribution in [0.5, 0.6) is 0 Å². The fourth-order valence-corrected chi connectivity index (χ4v) is 3.72. The topological polar surface area (TPSA) is 98.1 Å². The van der Waals surface area contributed by atoms with Crippen LogP contribution in [-0.2, 0) is 36.3 Å². The van der Waals surface area contributed by atoms with E-state index in [-0.39, 0.29) is 30.2 Å². The highest BCUT2D eigenvalue weighted by Crippen LogP contribution is 2.17. The summed E-state index contributed by atoms with van der Waals surface area (Å²) in [5, 5.41) is 6.10. The van der Waals surface area contributed by atoms with Gasteiger partial charge in [0.1, 0.15) is 0 Å². The maximum absolute atomic E-state index is 13.0. The predicted octanol–water partition coefficient (Wildman–Crippen LogP) is 2.75. The molecule has 2 heterocycles. The Bertz CT molecular complexity index is 1380. The summed E-state index contributed by atoms with van der Waals surface area (Å²) in [7, 11) is 1.61. The van der Waals surface area contributed by atoms with Crippen LogP contribution in [0.3, 0.4) is 0 Å². The molecule has 0 aliphatic rings. The molecule has 0 radical (unpaired) electrons. The van der Waals surface area contributed by atoms with Crippen LogP contribution < -0.4 is 16.4 Å². The van der Waals surface area contributed by atoms with Crippen molar-refractivity contribution in [1.82, 2.24) is 14.3 Å². The first-order valence-electron chi connectivity index (χ1n) is 10.2. The van der Waals surface area contributed by atoms with Gasteiger partial charge in [0, 0.05) is 25.7 Å². The summed E-state index contributed by atoms with van der Waals surface area (Å²) < 4.78 is 8.81. The molecule has 4 aromatic rings. The molecule has 1 amide bonds. The van der Waals surface area contributed by atoms with Crippen LogP contribution in [0.2, 0.25) is 0 Å². The molecular weight excluding hydrogens is 408 g/mol. The molecular formula is C24H24N4O4. The number of aromatic amines is 1. The van der Waals surface area contributed by atoms with Crippen molar-refractivity contribution in [3.63, 3.8) is 0 Å². The number of aromatic nitrogens is 3. The van der Waals surface area contributed by atoms with Gasteiger partial charge in [0.05, 0.1) is 36.4 Å². The van der Waals surface area contributed by atoms with Crippen molar-refractivity contribution in [2.24, 2.45) is 7.05 Å². The second-order valence-corrected chi connectivity index (χ2v) is 7.64. The molecule has 8 nitrogen and oxygen atoms in total. The van der Waals surface area contributed by atoms with E-state index in [2.05, 4.69) is 10.4 Å². The van der Waals surface area contributed by atoms with Crippen LogP contribution in [0.15, 0.2) is 70.3 Å². The van der Waals surface area contributed by atoms with E-state index in [4.69, 9.17) is 4.74 Å². The molecule has 2 N–H and O–H groups in total. The van der Waals surface area contributed by atoms with Crippen molar-refractivity contribution in [2.75, 3.05) is 5.32 Å². The van der Waals surface area contributed by atoms with Crippen molar-refractivity contribution < 1.29 is 9.53 Å². The van der Waals surface area contributed by atoms with Crippen molar-refractivity contribution in [2.45, 2.75) is 26.7 Å². The molecule has 0 fully saturated rings. The Kier molecular flexibility index (Phi) is 6.04. The first kappa shape index (κ1) is 21.3. The Labute approximate surface area is 184 Å². The van der Waals surface area contributed by atoms with Gasteiger partial charge in [-0.3, -0.25) is 24.2 Å². The van der Waals surface area contributed by atoms with E-state index in [9.17, 15) is 14.4 Å². The fourth-order valence-electron chi connectivity index (χ4n) is 3.72. The van der Waals surface area contributed by atoms with Crippen molar-refractivity contribution >= 4 is 22.5 Å². The molecule has 164 valence electrons. The normalized spacial score (nSPS) is 11.1. The highest BCUT2D eigenvalue weighted by Gasteiger charge is 2.17. The number of H-pyrrole nitrogens is 1. The number of amides is 1. The fraction of sp³-hybridized carbons (Fsp3) is 0.208. The van der Waals surface area contributed by atoms with Gasteiger partial charge in [0.25, 0.3) is 11.1 Å². The first-order chi connectivity index (χ1) is 15.4. The van der Waals surface area contributed by atoms with Gasteiger partial charge in [0.15, 0.2) is 0 Å². The summed E-state index contributed by atoms with van der Waals surface area (Å²) in [6.07, 6.45) is 0. The molecule has 0 aliphatic carbocycles. The number of nitrogens with zero attached hydrogens (tertiary/aromatic N) is 2. The van der Waals surface area contributed by atoms with Gasteiger partial charge in [-0.25, -0.2) is 0 Å². The number of fused-ring (bicyclic) bond motifs is 1. The van der Waals surface area contributed by atoms with Crippen LogP contribution in [0.1, 0.15) is 23.7 Å². The minimum absolute atomic E-state index is 0.0972.